The lowest BCUT2D eigenvalue weighted by Crippen LogP contribution is -2.14. The molecule has 0 atom stereocenters. The third-order valence-corrected chi connectivity index (χ3v) is 0.749. The lowest BCUT2D eigenvalue weighted by Gasteiger charge is -1.90. The molecule has 0 radical (unpaired) electrons. The summed E-state index contributed by atoms with van der Waals surface area (Å²) in [5, 5.41) is 21.5. The maximum Gasteiger partial charge on any atom is 0.242 e. The third kappa shape index (κ3) is 3.05. The fraction of sp³-hybridized carbons (Fsp3) is 0. The molecule has 0 aliphatic rings. The van der Waals surface area contributed by atoms with Gasteiger partial charge in [-0.3, -0.25) is 0 Å². The Labute approximate surface area is 65.7 Å². The van der Waals surface area contributed by atoms with Gasteiger partial charge in [-0.15, -0.1) is 10.2 Å². The van der Waals surface area contributed by atoms with Gasteiger partial charge in [-0.05, 0) is 0 Å². The van der Waals surface area contributed by atoms with Gasteiger partial charge in [0.05, 0.1) is 5.09 Å². The average molecular weight is 176 g/mol. The standard InChI is InChI=1S/C2H6N6.NO3/c3-1-6-7-2(4)8(1)5;2-1(3)4/h5H2,(H2,3,6)(H2,4,7);/q;-1. The molecule has 0 saturated heterocycles. The van der Waals surface area contributed by atoms with Crippen molar-refractivity contribution in [2.45, 2.75) is 0 Å². The topological polar surface area (TPSA) is 175 Å². The van der Waals surface area contributed by atoms with E-state index in [4.69, 9.17) is 32.6 Å². The van der Waals surface area contributed by atoms with Gasteiger partial charge in [0, 0.05) is 0 Å². The molecule has 0 aliphatic carbocycles. The Kier molecular flexibility index (Phi) is 3.08. The first-order valence-electron chi connectivity index (χ1n) is 2.48. The largest absolute Gasteiger partial charge is 0.366 e. The molecular weight excluding hydrogens is 170 g/mol. The molecule has 0 aromatic carbocycles. The molecule has 0 bridgehead atoms. The van der Waals surface area contributed by atoms with Crippen molar-refractivity contribution in [3.8, 4) is 0 Å². The van der Waals surface area contributed by atoms with Crippen LogP contribution < -0.4 is 17.3 Å². The Balaban J connectivity index is 0.000000261. The van der Waals surface area contributed by atoms with Gasteiger partial charge in [0.2, 0.25) is 11.9 Å². The smallest absolute Gasteiger partial charge is 0.242 e. The Morgan fingerprint density at radius 3 is 1.58 bits per heavy atom. The van der Waals surface area contributed by atoms with Crippen molar-refractivity contribution in [3.63, 3.8) is 0 Å². The molecule has 0 amide bonds. The highest BCUT2D eigenvalue weighted by atomic mass is 16.9. The van der Waals surface area contributed by atoms with Crippen molar-refractivity contribution in [3.05, 3.63) is 15.3 Å². The predicted molar refractivity (Wildman–Crippen MR) is 39.4 cm³/mol. The van der Waals surface area contributed by atoms with Crippen LogP contribution in [-0.4, -0.2) is 20.0 Å². The zero-order valence-electron chi connectivity index (χ0n) is 5.75. The van der Waals surface area contributed by atoms with Crippen molar-refractivity contribution < 1.29 is 5.09 Å². The summed E-state index contributed by atoms with van der Waals surface area (Å²) in [5.41, 5.74) is 10.2. The minimum atomic E-state index is -1.75. The highest BCUT2D eigenvalue weighted by molar-refractivity contribution is 5.28. The molecule has 0 unspecified atom stereocenters. The molecule has 1 rings (SSSR count). The summed E-state index contributed by atoms with van der Waals surface area (Å²) in [6.07, 6.45) is 0. The van der Waals surface area contributed by atoms with E-state index in [-0.39, 0.29) is 11.9 Å². The lowest BCUT2D eigenvalue weighted by atomic mass is 11.0. The summed E-state index contributed by atoms with van der Waals surface area (Å²) in [6, 6.07) is 0. The summed E-state index contributed by atoms with van der Waals surface area (Å²) >= 11 is 0. The summed E-state index contributed by atoms with van der Waals surface area (Å²) < 4.78 is 1.00. The van der Waals surface area contributed by atoms with E-state index in [1.807, 2.05) is 0 Å². The number of aromatic nitrogens is 3. The van der Waals surface area contributed by atoms with E-state index >= 15 is 0 Å². The molecule has 0 spiro atoms. The van der Waals surface area contributed by atoms with Gasteiger partial charge in [0.15, 0.2) is 0 Å². The molecule has 0 aliphatic heterocycles. The van der Waals surface area contributed by atoms with Crippen LogP contribution in [0, 0.1) is 15.3 Å². The average Bonchev–Trinajstić information content (AvgIpc) is 2.19. The third-order valence-electron chi connectivity index (χ3n) is 0.749. The quantitative estimate of drug-likeness (QED) is 0.229. The van der Waals surface area contributed by atoms with Crippen LogP contribution in [0.5, 0.6) is 0 Å². The molecule has 1 heterocycles. The first kappa shape index (κ1) is 9.74. The number of rotatable bonds is 0. The van der Waals surface area contributed by atoms with Gasteiger partial charge in [0.1, 0.15) is 0 Å². The molecule has 6 N–H and O–H groups in total. The predicted octanol–water partition coefficient (Wildman–Crippen LogP) is -2.08. The van der Waals surface area contributed by atoms with Crippen LogP contribution in [0.15, 0.2) is 0 Å². The molecule has 12 heavy (non-hydrogen) atoms. The van der Waals surface area contributed by atoms with E-state index in [1.165, 1.54) is 0 Å². The summed E-state index contributed by atoms with van der Waals surface area (Å²) in [7, 11) is 0. The minimum Gasteiger partial charge on any atom is -0.366 e. The zero-order valence-corrected chi connectivity index (χ0v) is 5.75. The van der Waals surface area contributed by atoms with Crippen LogP contribution in [0.4, 0.5) is 11.9 Å². The van der Waals surface area contributed by atoms with E-state index in [0.717, 1.165) is 4.68 Å². The van der Waals surface area contributed by atoms with Gasteiger partial charge in [-0.25, -0.2) is 0 Å². The first-order valence-corrected chi connectivity index (χ1v) is 2.48. The maximum absolute atomic E-state index is 8.25. The van der Waals surface area contributed by atoms with E-state index in [2.05, 4.69) is 10.2 Å². The van der Waals surface area contributed by atoms with Crippen molar-refractivity contribution in [1.82, 2.24) is 14.9 Å². The molecule has 68 valence electrons. The van der Waals surface area contributed by atoms with Gasteiger partial charge >= 0.3 is 0 Å². The lowest BCUT2D eigenvalue weighted by molar-refractivity contribution is -0.402. The molecule has 10 heteroatoms. The van der Waals surface area contributed by atoms with Crippen LogP contribution in [-0.2, 0) is 0 Å². The number of nitrogens with two attached hydrogens (primary N) is 3. The Hall–Kier alpha value is -2.26. The monoisotopic (exact) mass is 176 g/mol. The molecule has 1 aromatic heterocycles. The van der Waals surface area contributed by atoms with Gasteiger partial charge in [0.25, 0.3) is 0 Å². The fourth-order valence-corrected chi connectivity index (χ4v) is 0.316. The number of nitrogen functional groups attached to an aromatic ring is 3. The van der Waals surface area contributed by atoms with E-state index in [0.29, 0.717) is 0 Å². The molecule has 1 aromatic rings. The fourth-order valence-electron chi connectivity index (χ4n) is 0.316. The van der Waals surface area contributed by atoms with Gasteiger partial charge in [-0.2, -0.15) is 4.68 Å². The molecule has 0 fully saturated rings. The summed E-state index contributed by atoms with van der Waals surface area (Å²) in [5.74, 6) is 5.37. The van der Waals surface area contributed by atoms with Crippen LogP contribution in [0.3, 0.4) is 0 Å². The van der Waals surface area contributed by atoms with E-state index < -0.39 is 5.09 Å². The SMILES string of the molecule is Nc1nnc(N)n1N.O=[N+]([O-])[O-]. The van der Waals surface area contributed by atoms with Crippen LogP contribution in [0.25, 0.3) is 0 Å². The Bertz CT molecular complexity index is 244. The van der Waals surface area contributed by atoms with Crippen LogP contribution >= 0.6 is 0 Å². The molecule has 0 saturated carbocycles. The van der Waals surface area contributed by atoms with Crippen LogP contribution in [0.2, 0.25) is 0 Å². The maximum atomic E-state index is 8.25. The van der Waals surface area contributed by atoms with Crippen molar-refractivity contribution in [1.29, 1.82) is 0 Å². The van der Waals surface area contributed by atoms with Crippen molar-refractivity contribution >= 4 is 11.9 Å². The number of nitrogens with zero attached hydrogens (tertiary/aromatic N) is 4. The first-order chi connectivity index (χ1) is 5.45. The molecule has 10 nitrogen and oxygen atoms in total. The zero-order chi connectivity index (χ0) is 9.72. The van der Waals surface area contributed by atoms with Crippen molar-refractivity contribution in [2.24, 2.45) is 0 Å². The second-order valence-corrected chi connectivity index (χ2v) is 1.51. The second-order valence-electron chi connectivity index (χ2n) is 1.51. The Morgan fingerprint density at radius 2 is 1.50 bits per heavy atom. The van der Waals surface area contributed by atoms with Crippen LogP contribution in [0.1, 0.15) is 0 Å². The number of hydrogen-bond donors (Lipinski definition) is 3. The normalized spacial score (nSPS) is 8.33. The number of anilines is 2. The molecular formula is C2H6N7O3-. The number of hydrogen-bond acceptors (Lipinski definition) is 8. The van der Waals surface area contributed by atoms with Gasteiger partial charge in [-0.1, -0.05) is 0 Å². The second kappa shape index (κ2) is 3.80. The van der Waals surface area contributed by atoms with Crippen molar-refractivity contribution in [2.75, 3.05) is 17.3 Å². The highest BCUT2D eigenvalue weighted by Crippen LogP contribution is 1.95. The summed E-state index contributed by atoms with van der Waals surface area (Å²) in [6.45, 7) is 0. The van der Waals surface area contributed by atoms with Gasteiger partial charge < -0.3 is 32.6 Å². The summed E-state index contributed by atoms with van der Waals surface area (Å²) in [4.78, 5) is 8.25. The minimum absolute atomic E-state index is 0.113. The Morgan fingerprint density at radius 1 is 1.25 bits per heavy atom. The van der Waals surface area contributed by atoms with E-state index in [1.54, 1.807) is 0 Å². The van der Waals surface area contributed by atoms with E-state index in [9.17, 15) is 0 Å². The highest BCUT2D eigenvalue weighted by Gasteiger charge is 1.97.